The van der Waals surface area contributed by atoms with Crippen LogP contribution in [0, 0.1) is 13.8 Å². The molecular weight excluding hydrogens is 735 g/mol. The van der Waals surface area contributed by atoms with Crippen LogP contribution in [0.3, 0.4) is 0 Å². The third-order valence-electron chi connectivity index (χ3n) is 8.49. The van der Waals surface area contributed by atoms with Crippen molar-refractivity contribution in [2.24, 2.45) is 0 Å². The molecule has 5 rings (SSSR count). The fourth-order valence-electron chi connectivity index (χ4n) is 5.10. The molecule has 1 fully saturated rings. The highest BCUT2D eigenvalue weighted by Gasteiger charge is 2.52. The van der Waals surface area contributed by atoms with Gasteiger partial charge in [0.15, 0.2) is 12.6 Å². The van der Waals surface area contributed by atoms with E-state index in [1.165, 1.54) is 18.6 Å². The van der Waals surface area contributed by atoms with Crippen molar-refractivity contribution in [3.05, 3.63) is 101 Å². The van der Waals surface area contributed by atoms with E-state index in [-0.39, 0.29) is 11.2 Å². The van der Waals surface area contributed by atoms with Gasteiger partial charge >= 0.3 is 19.3 Å². The summed E-state index contributed by atoms with van der Waals surface area (Å²) in [6.07, 6.45) is 6.64. The predicted octanol–water partition coefficient (Wildman–Crippen LogP) is 9.41. The molecular formula is C42H52BClN4O8. The van der Waals surface area contributed by atoms with Gasteiger partial charge in [0.05, 0.1) is 21.8 Å². The molecule has 0 unspecified atom stereocenters. The van der Waals surface area contributed by atoms with E-state index in [0.29, 0.717) is 33.8 Å². The molecule has 4 aromatic rings. The summed E-state index contributed by atoms with van der Waals surface area (Å²) in [5, 5.41) is 5.89. The van der Waals surface area contributed by atoms with Crippen molar-refractivity contribution in [2.75, 3.05) is 10.6 Å². The van der Waals surface area contributed by atoms with Crippen molar-refractivity contribution in [2.45, 2.75) is 105 Å². The molecule has 0 spiro atoms. The van der Waals surface area contributed by atoms with Crippen molar-refractivity contribution < 1.29 is 38.0 Å². The van der Waals surface area contributed by atoms with Gasteiger partial charge in [0, 0.05) is 41.7 Å². The number of nitrogens with one attached hydrogen (secondary N) is 2. The molecule has 14 heteroatoms. The van der Waals surface area contributed by atoms with Crippen molar-refractivity contribution in [1.29, 1.82) is 0 Å². The van der Waals surface area contributed by atoms with E-state index >= 15 is 0 Å². The first-order valence-corrected chi connectivity index (χ1v) is 18.3. The van der Waals surface area contributed by atoms with Gasteiger partial charge in [-0.3, -0.25) is 30.2 Å². The first-order valence-electron chi connectivity index (χ1n) is 18.0. The fourth-order valence-corrected chi connectivity index (χ4v) is 5.25. The van der Waals surface area contributed by atoms with Gasteiger partial charge in [-0.1, -0.05) is 23.7 Å². The lowest BCUT2D eigenvalue weighted by atomic mass is 9.76. The zero-order valence-electron chi connectivity index (χ0n) is 34.2. The highest BCUT2D eigenvalue weighted by molar-refractivity contribution is 6.62. The summed E-state index contributed by atoms with van der Waals surface area (Å²) in [7, 11) is -0.412. The summed E-state index contributed by atoms with van der Waals surface area (Å²) in [5.41, 5.74) is 5.08. The van der Waals surface area contributed by atoms with Crippen molar-refractivity contribution >= 4 is 60.3 Å². The Bertz CT molecular complexity index is 2010. The van der Waals surface area contributed by atoms with Crippen molar-refractivity contribution in [3.63, 3.8) is 0 Å². The van der Waals surface area contributed by atoms with Crippen LogP contribution in [0.25, 0.3) is 11.1 Å². The van der Waals surface area contributed by atoms with Crippen LogP contribution in [-0.2, 0) is 18.8 Å². The normalized spacial score (nSPS) is 14.2. The summed E-state index contributed by atoms with van der Waals surface area (Å²) in [4.78, 5) is 52.6. The molecule has 0 saturated carbocycles. The van der Waals surface area contributed by atoms with E-state index in [0.717, 1.165) is 34.0 Å². The Labute approximate surface area is 335 Å². The predicted molar refractivity (Wildman–Crippen MR) is 221 cm³/mol. The van der Waals surface area contributed by atoms with Gasteiger partial charge in [0.1, 0.15) is 11.2 Å². The monoisotopic (exact) mass is 786 g/mol. The third-order valence-corrected chi connectivity index (χ3v) is 8.83. The quantitative estimate of drug-likeness (QED) is 0.143. The Morgan fingerprint density at radius 1 is 0.696 bits per heavy atom. The summed E-state index contributed by atoms with van der Waals surface area (Å²) >= 11 is 5.55. The van der Waals surface area contributed by atoms with E-state index in [1.54, 1.807) is 24.4 Å². The highest BCUT2D eigenvalue weighted by atomic mass is 35.5. The van der Waals surface area contributed by atoms with Crippen LogP contribution in [0.1, 0.15) is 101 Å². The summed E-state index contributed by atoms with van der Waals surface area (Å²) in [5.74, 6) is 0. The van der Waals surface area contributed by atoms with Gasteiger partial charge in [0.25, 0.3) is 0 Å². The second kappa shape index (κ2) is 18.7. The van der Waals surface area contributed by atoms with Crippen LogP contribution < -0.4 is 16.1 Å². The summed E-state index contributed by atoms with van der Waals surface area (Å²) < 4.78 is 22.7. The number of carbonyl (C=O) groups excluding carboxylic acids is 4. The number of hydrogen-bond acceptors (Lipinski definition) is 10. The van der Waals surface area contributed by atoms with Crippen molar-refractivity contribution in [1.82, 2.24) is 9.97 Å². The Morgan fingerprint density at radius 3 is 1.59 bits per heavy atom. The molecule has 0 bridgehead atoms. The molecule has 0 atom stereocenters. The molecule has 1 saturated heterocycles. The molecule has 0 radical (unpaired) electrons. The third kappa shape index (κ3) is 13.3. The number of benzene rings is 2. The Kier molecular flexibility index (Phi) is 15.1. The lowest BCUT2D eigenvalue weighted by Gasteiger charge is -2.32. The zero-order chi connectivity index (χ0) is 42.1. The average molecular weight is 787 g/mol. The molecule has 2 N–H and O–H groups in total. The number of anilines is 2. The molecule has 2 amide bonds. The highest BCUT2D eigenvalue weighted by Crippen LogP contribution is 2.37. The van der Waals surface area contributed by atoms with E-state index in [1.807, 2.05) is 113 Å². The molecule has 56 heavy (non-hydrogen) atoms. The molecule has 1 aliphatic rings. The first-order chi connectivity index (χ1) is 25.9. The maximum absolute atomic E-state index is 11.9. The van der Waals surface area contributed by atoms with E-state index in [4.69, 9.17) is 30.4 Å². The van der Waals surface area contributed by atoms with Crippen LogP contribution in [0.15, 0.2) is 73.3 Å². The molecule has 2 aromatic heterocycles. The van der Waals surface area contributed by atoms with Gasteiger partial charge in [0.2, 0.25) is 0 Å². The maximum Gasteiger partial charge on any atom is 0.495 e. The SMILES string of the molecule is Cc1cc(NC(=O)OC(C)(C)C)ccc1-c1ccncc1C=O.Cc1cc(NC(=O)OC(C)(C)C)ccc1B1OC(C)(C)C(C)(C)O1.O=Cc1cnccc1Cl. The lowest BCUT2D eigenvalue weighted by molar-refractivity contribution is 0.00578. The number of nitrogens with zero attached hydrogens (tertiary/aromatic N) is 2. The Morgan fingerprint density at radius 2 is 1.16 bits per heavy atom. The van der Waals surface area contributed by atoms with Crippen LogP contribution >= 0.6 is 11.6 Å². The summed E-state index contributed by atoms with van der Waals surface area (Å²) in [6, 6.07) is 14.5. The number of rotatable bonds is 6. The minimum atomic E-state index is -0.547. The Balaban J connectivity index is 0.000000247. The number of aldehydes is 2. The molecule has 12 nitrogen and oxygen atoms in total. The number of halogens is 1. The zero-order valence-corrected chi connectivity index (χ0v) is 35.0. The number of aromatic nitrogens is 2. The topological polar surface area (TPSA) is 155 Å². The van der Waals surface area contributed by atoms with Gasteiger partial charge in [-0.2, -0.15) is 0 Å². The molecule has 2 aromatic carbocycles. The average Bonchev–Trinajstić information content (AvgIpc) is 3.29. The van der Waals surface area contributed by atoms with E-state index in [9.17, 15) is 19.2 Å². The molecule has 1 aliphatic heterocycles. The smallest absolute Gasteiger partial charge is 0.444 e. The summed E-state index contributed by atoms with van der Waals surface area (Å²) in [6.45, 7) is 22.9. The van der Waals surface area contributed by atoms with Crippen molar-refractivity contribution in [3.8, 4) is 11.1 Å². The molecule has 3 heterocycles. The standard InChI is InChI=1S/C18H28BNO4.C18H20N2O3.C6H4ClNO/c1-12-11-13(20-15(21)22-16(2,3)4)9-10-14(12)19-23-17(5,6)18(7,8)24-19;1-12-9-14(20-17(22)23-18(2,3)4)5-6-15(12)16-7-8-19-10-13(16)11-21;7-6-1-2-8-3-5(6)4-9/h9-11H,1-8H3,(H,20,21);5-11H,1-4H3,(H,20,22);1-4H. The lowest BCUT2D eigenvalue weighted by Crippen LogP contribution is -2.41. The number of ether oxygens (including phenoxy) is 2. The fraction of sp³-hybridized carbons (Fsp3) is 0.381. The minimum absolute atomic E-state index is 0.377. The van der Waals surface area contributed by atoms with Crippen LogP contribution in [0.5, 0.6) is 0 Å². The number of carbonyl (C=O) groups is 4. The Hall–Kier alpha value is -5.11. The maximum atomic E-state index is 11.9. The second-order valence-corrected chi connectivity index (χ2v) is 16.4. The van der Waals surface area contributed by atoms with E-state index < -0.39 is 30.5 Å². The van der Waals surface area contributed by atoms with Crippen LogP contribution in [-0.4, -0.2) is 64.2 Å². The first kappa shape index (κ1) is 45.3. The molecule has 0 aliphatic carbocycles. The van der Waals surface area contributed by atoms with E-state index in [2.05, 4.69) is 20.6 Å². The van der Waals surface area contributed by atoms with Crippen LogP contribution in [0.4, 0.5) is 21.0 Å². The molecule has 298 valence electrons. The number of pyridine rings is 2. The number of aryl methyl sites for hydroxylation is 2. The van der Waals surface area contributed by atoms with Gasteiger partial charge in [-0.15, -0.1) is 0 Å². The van der Waals surface area contributed by atoms with Crippen LogP contribution in [0.2, 0.25) is 5.02 Å². The van der Waals surface area contributed by atoms with Gasteiger partial charge < -0.3 is 18.8 Å². The number of amides is 2. The minimum Gasteiger partial charge on any atom is -0.444 e. The van der Waals surface area contributed by atoms with Gasteiger partial charge in [-0.25, -0.2) is 9.59 Å². The number of hydrogen-bond donors (Lipinski definition) is 2. The second-order valence-electron chi connectivity index (χ2n) is 16.0. The largest absolute Gasteiger partial charge is 0.495 e. The van der Waals surface area contributed by atoms with Gasteiger partial charge in [-0.05, 0) is 147 Å².